The van der Waals surface area contributed by atoms with Crippen molar-refractivity contribution in [2.45, 2.75) is 0 Å². The topological polar surface area (TPSA) is 117 Å². The summed E-state index contributed by atoms with van der Waals surface area (Å²) in [5, 5.41) is 2.48. The zero-order valence-corrected chi connectivity index (χ0v) is 15.4. The molecule has 0 bridgehead atoms. The van der Waals surface area contributed by atoms with E-state index < -0.39 is 24.4 Å². The molecule has 3 N–H and O–H groups in total. The minimum Gasteiger partial charge on any atom is -0.497 e. The summed E-state index contributed by atoms with van der Waals surface area (Å²) in [6.45, 7) is -0.518. The number of ether oxygens (including phenoxy) is 3. The predicted octanol–water partition coefficient (Wildman–Crippen LogP) is 2.00. The third kappa shape index (κ3) is 5.60. The molecule has 2 rings (SSSR count). The average Bonchev–Trinajstić information content (AvgIpc) is 2.70. The van der Waals surface area contributed by atoms with Gasteiger partial charge in [-0.05, 0) is 30.3 Å². The maximum absolute atomic E-state index is 11.9. The first-order valence-electron chi connectivity index (χ1n) is 8.20. The van der Waals surface area contributed by atoms with Gasteiger partial charge in [-0.3, -0.25) is 9.59 Å². The van der Waals surface area contributed by atoms with Crippen molar-refractivity contribution in [2.75, 3.05) is 26.1 Å². The molecule has 2 aromatic rings. The lowest BCUT2D eigenvalue weighted by Crippen LogP contribution is -2.22. The molecule has 8 nitrogen and oxygen atoms in total. The summed E-state index contributed by atoms with van der Waals surface area (Å²) in [6.07, 6.45) is 2.68. The van der Waals surface area contributed by atoms with Crippen LogP contribution in [0.5, 0.6) is 11.5 Å². The molecular weight excluding hydrogens is 364 g/mol. The number of hydrogen-bond acceptors (Lipinski definition) is 6. The van der Waals surface area contributed by atoms with Crippen molar-refractivity contribution in [3.05, 3.63) is 59.7 Å². The van der Waals surface area contributed by atoms with Crippen molar-refractivity contribution < 1.29 is 28.6 Å². The third-order valence-corrected chi connectivity index (χ3v) is 3.65. The van der Waals surface area contributed by atoms with E-state index in [4.69, 9.17) is 19.9 Å². The highest BCUT2D eigenvalue weighted by molar-refractivity contribution is 6.03. The van der Waals surface area contributed by atoms with E-state index in [0.717, 1.165) is 0 Å². The van der Waals surface area contributed by atoms with E-state index in [-0.39, 0.29) is 11.3 Å². The van der Waals surface area contributed by atoms with E-state index >= 15 is 0 Å². The molecular formula is C20H20N2O6. The number of rotatable bonds is 8. The second-order valence-corrected chi connectivity index (χ2v) is 5.51. The molecule has 0 radical (unpaired) electrons. The minimum atomic E-state index is -0.712. The Bertz CT molecular complexity index is 907. The monoisotopic (exact) mass is 384 g/mol. The van der Waals surface area contributed by atoms with Crippen LogP contribution in [0.15, 0.2) is 48.5 Å². The Balaban J connectivity index is 1.93. The summed E-state index contributed by atoms with van der Waals surface area (Å²) in [6, 6.07) is 11.4. The van der Waals surface area contributed by atoms with Crippen molar-refractivity contribution in [3.8, 4) is 11.5 Å². The van der Waals surface area contributed by atoms with Gasteiger partial charge in [0.2, 0.25) is 0 Å². The van der Waals surface area contributed by atoms with Crippen LogP contribution < -0.4 is 20.5 Å². The van der Waals surface area contributed by atoms with Gasteiger partial charge in [0.25, 0.3) is 11.8 Å². The van der Waals surface area contributed by atoms with Crippen LogP contribution in [0.4, 0.5) is 5.69 Å². The molecule has 28 heavy (non-hydrogen) atoms. The average molecular weight is 384 g/mol. The molecule has 8 heteroatoms. The van der Waals surface area contributed by atoms with Crippen LogP contribution in [0.1, 0.15) is 15.9 Å². The van der Waals surface area contributed by atoms with Gasteiger partial charge in [-0.15, -0.1) is 0 Å². The zero-order chi connectivity index (χ0) is 20.5. The highest BCUT2D eigenvalue weighted by Crippen LogP contribution is 2.25. The second-order valence-electron chi connectivity index (χ2n) is 5.51. The molecule has 2 aromatic carbocycles. The summed E-state index contributed by atoms with van der Waals surface area (Å²) in [5.41, 5.74) is 6.29. The summed E-state index contributed by atoms with van der Waals surface area (Å²) in [5.74, 6) is -0.855. The molecule has 0 aliphatic heterocycles. The number of hydrogen-bond donors (Lipinski definition) is 2. The van der Waals surface area contributed by atoms with Gasteiger partial charge in [0.15, 0.2) is 6.61 Å². The standard InChI is InChI=1S/C20H20N2O6/c1-26-14-9-7-13(17(11-14)27-2)8-10-19(24)28-12-18(23)22-16-6-4-3-5-15(16)20(21)25/h3-11H,12H2,1-2H3,(H2,21,25)(H,22,23)/b10-8+. The van der Waals surface area contributed by atoms with Crippen molar-refractivity contribution in [1.82, 2.24) is 0 Å². The number of anilines is 1. The Morgan fingerprint density at radius 2 is 1.82 bits per heavy atom. The number of carbonyl (C=O) groups excluding carboxylic acids is 3. The lowest BCUT2D eigenvalue weighted by atomic mass is 10.1. The molecule has 0 aromatic heterocycles. The largest absolute Gasteiger partial charge is 0.497 e. The van der Waals surface area contributed by atoms with E-state index in [1.54, 1.807) is 30.3 Å². The maximum Gasteiger partial charge on any atom is 0.331 e. The third-order valence-electron chi connectivity index (χ3n) is 3.65. The van der Waals surface area contributed by atoms with Gasteiger partial charge in [-0.1, -0.05) is 12.1 Å². The van der Waals surface area contributed by atoms with Crippen molar-refractivity contribution >= 4 is 29.5 Å². The lowest BCUT2D eigenvalue weighted by molar-refractivity contribution is -0.142. The smallest absolute Gasteiger partial charge is 0.331 e. The van der Waals surface area contributed by atoms with E-state index in [9.17, 15) is 14.4 Å². The van der Waals surface area contributed by atoms with Gasteiger partial charge in [0.05, 0.1) is 25.5 Å². The highest BCUT2D eigenvalue weighted by Gasteiger charge is 2.11. The molecule has 2 amide bonds. The van der Waals surface area contributed by atoms with Crippen molar-refractivity contribution in [2.24, 2.45) is 5.73 Å². The fraction of sp³-hybridized carbons (Fsp3) is 0.150. The fourth-order valence-corrected chi connectivity index (χ4v) is 2.29. The first-order chi connectivity index (χ1) is 13.4. The van der Waals surface area contributed by atoms with E-state index in [1.807, 2.05) is 0 Å². The molecule has 0 fully saturated rings. The molecule has 0 saturated heterocycles. The van der Waals surface area contributed by atoms with Crippen LogP contribution in [-0.4, -0.2) is 38.6 Å². The maximum atomic E-state index is 11.9. The summed E-state index contributed by atoms with van der Waals surface area (Å²) >= 11 is 0. The SMILES string of the molecule is COc1ccc(/C=C/C(=O)OCC(=O)Nc2ccccc2C(N)=O)c(OC)c1. The minimum absolute atomic E-state index is 0.161. The van der Waals surface area contributed by atoms with Crippen molar-refractivity contribution in [3.63, 3.8) is 0 Å². The number of primary amides is 1. The fourth-order valence-electron chi connectivity index (χ4n) is 2.29. The lowest BCUT2D eigenvalue weighted by Gasteiger charge is -2.09. The van der Waals surface area contributed by atoms with Gasteiger partial charge in [0.1, 0.15) is 11.5 Å². The summed E-state index contributed by atoms with van der Waals surface area (Å²) < 4.78 is 15.2. The molecule has 146 valence electrons. The summed E-state index contributed by atoms with van der Waals surface area (Å²) in [7, 11) is 3.03. The Kier molecular flexibility index (Phi) is 7.15. The molecule has 0 heterocycles. The Morgan fingerprint density at radius 1 is 1.07 bits per heavy atom. The highest BCUT2D eigenvalue weighted by atomic mass is 16.5. The molecule has 0 atom stereocenters. The van der Waals surface area contributed by atoms with Gasteiger partial charge in [-0.25, -0.2) is 4.79 Å². The van der Waals surface area contributed by atoms with Crippen LogP contribution >= 0.6 is 0 Å². The van der Waals surface area contributed by atoms with Crippen LogP contribution in [-0.2, 0) is 14.3 Å². The Labute approximate surface area is 161 Å². The number of benzene rings is 2. The number of carbonyl (C=O) groups is 3. The van der Waals surface area contributed by atoms with Crippen LogP contribution in [0.3, 0.4) is 0 Å². The predicted molar refractivity (Wildman–Crippen MR) is 103 cm³/mol. The zero-order valence-electron chi connectivity index (χ0n) is 15.4. The van der Waals surface area contributed by atoms with Crippen LogP contribution in [0.2, 0.25) is 0 Å². The molecule has 0 saturated carbocycles. The summed E-state index contributed by atoms with van der Waals surface area (Å²) in [4.78, 5) is 35.1. The van der Waals surface area contributed by atoms with Gasteiger partial charge >= 0.3 is 5.97 Å². The number of nitrogens with two attached hydrogens (primary N) is 1. The number of para-hydroxylation sites is 1. The van der Waals surface area contributed by atoms with Crippen LogP contribution in [0, 0.1) is 0 Å². The Hall–Kier alpha value is -3.81. The van der Waals surface area contributed by atoms with E-state index in [1.165, 1.54) is 38.5 Å². The first-order valence-corrected chi connectivity index (χ1v) is 8.20. The molecule has 0 spiro atoms. The first kappa shape index (κ1) is 20.5. The molecule has 0 aliphatic rings. The number of esters is 1. The van der Waals surface area contributed by atoms with Gasteiger partial charge in [-0.2, -0.15) is 0 Å². The Morgan fingerprint density at radius 3 is 2.50 bits per heavy atom. The molecule has 0 aliphatic carbocycles. The quantitative estimate of drug-likeness (QED) is 0.531. The second kappa shape index (κ2) is 9.77. The van der Waals surface area contributed by atoms with Crippen LogP contribution in [0.25, 0.3) is 6.08 Å². The number of amides is 2. The van der Waals surface area contributed by atoms with Gasteiger partial charge < -0.3 is 25.3 Å². The number of methoxy groups -OCH3 is 2. The normalized spacial score (nSPS) is 10.4. The van der Waals surface area contributed by atoms with E-state index in [0.29, 0.717) is 17.1 Å². The van der Waals surface area contributed by atoms with Crippen molar-refractivity contribution in [1.29, 1.82) is 0 Å². The van der Waals surface area contributed by atoms with Gasteiger partial charge in [0, 0.05) is 17.7 Å². The number of nitrogens with one attached hydrogen (secondary N) is 1. The molecule has 0 unspecified atom stereocenters. The van der Waals surface area contributed by atoms with E-state index in [2.05, 4.69) is 5.32 Å².